The summed E-state index contributed by atoms with van der Waals surface area (Å²) < 4.78 is 6.06. The summed E-state index contributed by atoms with van der Waals surface area (Å²) in [6.07, 6.45) is 5.37. The second-order valence-corrected chi connectivity index (χ2v) is 7.99. The van der Waals surface area contributed by atoms with Crippen LogP contribution in [0.1, 0.15) is 24.3 Å². The SMILES string of the molecule is CN(C)c1ncc([C@@H]2[C@@H](C(=O)Nc3ccc(Cl)c(Cl)c3)[C@H]3CC[C@@H]2O3)cn1. The van der Waals surface area contributed by atoms with Gasteiger partial charge in [0.05, 0.1) is 28.2 Å². The number of benzene rings is 1. The van der Waals surface area contributed by atoms with Crippen LogP contribution >= 0.6 is 23.2 Å². The van der Waals surface area contributed by atoms with E-state index in [0.717, 1.165) is 18.4 Å². The zero-order chi connectivity index (χ0) is 19.1. The van der Waals surface area contributed by atoms with E-state index in [1.54, 1.807) is 30.6 Å². The van der Waals surface area contributed by atoms with Gasteiger partial charge in [0.15, 0.2) is 0 Å². The summed E-state index contributed by atoms with van der Waals surface area (Å²) in [5.41, 5.74) is 1.55. The van der Waals surface area contributed by atoms with Crippen molar-refractivity contribution in [1.82, 2.24) is 9.97 Å². The number of hydrogen-bond acceptors (Lipinski definition) is 5. The number of fused-ring (bicyclic) bond motifs is 2. The first kappa shape index (κ1) is 18.5. The summed E-state index contributed by atoms with van der Waals surface area (Å²) in [4.78, 5) is 23.7. The topological polar surface area (TPSA) is 67.4 Å². The van der Waals surface area contributed by atoms with Crippen LogP contribution in [-0.2, 0) is 9.53 Å². The molecule has 3 heterocycles. The van der Waals surface area contributed by atoms with Gasteiger partial charge in [-0.2, -0.15) is 0 Å². The Kier molecular flexibility index (Phi) is 4.97. The number of ether oxygens (including phenoxy) is 1. The van der Waals surface area contributed by atoms with Gasteiger partial charge in [0, 0.05) is 38.1 Å². The average Bonchev–Trinajstić information content (AvgIpc) is 3.26. The zero-order valence-corrected chi connectivity index (χ0v) is 16.5. The third-order valence-corrected chi connectivity index (χ3v) is 5.95. The Hall–Kier alpha value is -1.89. The predicted octanol–water partition coefficient (Wildman–Crippen LogP) is 3.75. The molecular weight excluding hydrogens is 387 g/mol. The lowest BCUT2D eigenvalue weighted by atomic mass is 9.75. The molecule has 6 nitrogen and oxygen atoms in total. The van der Waals surface area contributed by atoms with Gasteiger partial charge in [0.25, 0.3) is 0 Å². The van der Waals surface area contributed by atoms with Crippen LogP contribution in [0.2, 0.25) is 10.0 Å². The molecule has 2 aliphatic heterocycles. The number of nitrogens with zero attached hydrogens (tertiary/aromatic N) is 3. The molecule has 4 atom stereocenters. The third-order valence-electron chi connectivity index (χ3n) is 5.21. The molecule has 0 aliphatic carbocycles. The number of halogens is 2. The lowest BCUT2D eigenvalue weighted by Gasteiger charge is -2.27. The zero-order valence-electron chi connectivity index (χ0n) is 15.0. The van der Waals surface area contributed by atoms with Gasteiger partial charge in [-0.1, -0.05) is 23.2 Å². The smallest absolute Gasteiger partial charge is 0.230 e. The highest BCUT2D eigenvalue weighted by Crippen LogP contribution is 2.49. The summed E-state index contributed by atoms with van der Waals surface area (Å²) in [6, 6.07) is 5.06. The van der Waals surface area contributed by atoms with Crippen LogP contribution < -0.4 is 10.2 Å². The molecule has 2 bridgehead atoms. The van der Waals surface area contributed by atoms with Crippen molar-refractivity contribution in [3.8, 4) is 0 Å². The largest absolute Gasteiger partial charge is 0.373 e. The van der Waals surface area contributed by atoms with Crippen molar-refractivity contribution in [2.75, 3.05) is 24.3 Å². The van der Waals surface area contributed by atoms with Crippen molar-refractivity contribution in [1.29, 1.82) is 0 Å². The Balaban J connectivity index is 1.57. The molecule has 1 aromatic heterocycles. The monoisotopic (exact) mass is 406 g/mol. The number of carbonyl (C=O) groups is 1. The van der Waals surface area contributed by atoms with Crippen LogP contribution in [0.25, 0.3) is 0 Å². The van der Waals surface area contributed by atoms with E-state index in [1.165, 1.54) is 0 Å². The molecule has 0 saturated carbocycles. The fourth-order valence-electron chi connectivity index (χ4n) is 3.97. The molecule has 1 aromatic carbocycles. The van der Waals surface area contributed by atoms with Crippen LogP contribution in [0.4, 0.5) is 11.6 Å². The molecule has 0 spiro atoms. The first-order valence-corrected chi connectivity index (χ1v) is 9.60. The minimum Gasteiger partial charge on any atom is -0.373 e. The Morgan fingerprint density at radius 2 is 1.85 bits per heavy atom. The van der Waals surface area contributed by atoms with E-state index >= 15 is 0 Å². The minimum atomic E-state index is -0.285. The van der Waals surface area contributed by atoms with Crippen molar-refractivity contribution in [2.24, 2.45) is 5.92 Å². The number of hydrogen-bond donors (Lipinski definition) is 1. The number of anilines is 2. The Labute approximate surface area is 167 Å². The first-order valence-electron chi connectivity index (χ1n) is 8.84. The fraction of sp³-hybridized carbons (Fsp3) is 0.421. The van der Waals surface area contributed by atoms with Crippen molar-refractivity contribution < 1.29 is 9.53 Å². The van der Waals surface area contributed by atoms with Gasteiger partial charge in [0.2, 0.25) is 11.9 Å². The van der Waals surface area contributed by atoms with Gasteiger partial charge in [-0.3, -0.25) is 4.79 Å². The van der Waals surface area contributed by atoms with Crippen molar-refractivity contribution in [2.45, 2.75) is 31.0 Å². The van der Waals surface area contributed by atoms with Gasteiger partial charge in [-0.15, -0.1) is 0 Å². The van der Waals surface area contributed by atoms with E-state index in [2.05, 4.69) is 15.3 Å². The summed E-state index contributed by atoms with van der Waals surface area (Å²) in [7, 11) is 3.78. The Morgan fingerprint density at radius 3 is 2.52 bits per heavy atom. The molecule has 2 aliphatic rings. The van der Waals surface area contributed by atoms with Gasteiger partial charge >= 0.3 is 0 Å². The van der Waals surface area contributed by atoms with E-state index in [9.17, 15) is 4.79 Å². The summed E-state index contributed by atoms with van der Waals surface area (Å²) >= 11 is 12.0. The number of rotatable bonds is 4. The first-order chi connectivity index (χ1) is 12.9. The molecule has 4 rings (SSSR count). The van der Waals surface area contributed by atoms with Crippen molar-refractivity contribution in [3.05, 3.63) is 46.2 Å². The molecule has 27 heavy (non-hydrogen) atoms. The molecule has 2 saturated heterocycles. The maximum absolute atomic E-state index is 13.0. The Morgan fingerprint density at radius 1 is 1.15 bits per heavy atom. The molecule has 2 fully saturated rings. The van der Waals surface area contributed by atoms with Gasteiger partial charge in [-0.25, -0.2) is 9.97 Å². The van der Waals surface area contributed by atoms with Gasteiger partial charge < -0.3 is 15.0 Å². The highest BCUT2D eigenvalue weighted by atomic mass is 35.5. The highest BCUT2D eigenvalue weighted by molar-refractivity contribution is 6.42. The van der Waals surface area contributed by atoms with Crippen molar-refractivity contribution in [3.63, 3.8) is 0 Å². The second-order valence-electron chi connectivity index (χ2n) is 7.17. The van der Waals surface area contributed by atoms with E-state index < -0.39 is 0 Å². The molecule has 0 unspecified atom stereocenters. The van der Waals surface area contributed by atoms with E-state index in [4.69, 9.17) is 27.9 Å². The van der Waals surface area contributed by atoms with Crippen LogP contribution in [0.15, 0.2) is 30.6 Å². The maximum Gasteiger partial charge on any atom is 0.230 e. The number of carbonyl (C=O) groups excluding carboxylic acids is 1. The fourth-order valence-corrected chi connectivity index (χ4v) is 4.27. The molecule has 142 valence electrons. The number of aromatic nitrogens is 2. The highest BCUT2D eigenvalue weighted by Gasteiger charge is 2.53. The summed E-state index contributed by atoms with van der Waals surface area (Å²) in [6.45, 7) is 0. The molecule has 8 heteroatoms. The van der Waals surface area contributed by atoms with E-state index in [0.29, 0.717) is 21.7 Å². The molecular formula is C19H20Cl2N4O2. The number of amides is 1. The second kappa shape index (κ2) is 7.26. The van der Waals surface area contributed by atoms with Gasteiger partial charge in [-0.05, 0) is 36.6 Å². The quantitative estimate of drug-likeness (QED) is 0.836. The van der Waals surface area contributed by atoms with Crippen LogP contribution in [0.3, 0.4) is 0 Å². The van der Waals surface area contributed by atoms with E-state index in [1.807, 2.05) is 19.0 Å². The average molecular weight is 407 g/mol. The van der Waals surface area contributed by atoms with Gasteiger partial charge in [0.1, 0.15) is 0 Å². The third kappa shape index (κ3) is 3.49. The summed E-state index contributed by atoms with van der Waals surface area (Å²) in [5, 5.41) is 3.81. The molecule has 2 aromatic rings. The molecule has 0 radical (unpaired) electrons. The maximum atomic E-state index is 13.0. The minimum absolute atomic E-state index is 0.0216. The molecule has 1 N–H and O–H groups in total. The summed E-state index contributed by atoms with van der Waals surface area (Å²) in [5.74, 6) is 0.219. The molecule has 1 amide bonds. The normalized spacial score (nSPS) is 26.2. The number of nitrogens with one attached hydrogen (secondary N) is 1. The van der Waals surface area contributed by atoms with Crippen molar-refractivity contribution >= 4 is 40.7 Å². The lowest BCUT2D eigenvalue weighted by molar-refractivity contribution is -0.121. The van der Waals surface area contributed by atoms with E-state index in [-0.39, 0.29) is 30.0 Å². The lowest BCUT2D eigenvalue weighted by Crippen LogP contribution is -2.36. The standard InChI is InChI=1S/C19H20Cl2N4O2/c1-25(2)19-22-8-10(9-23-19)16-14-5-6-15(27-14)17(16)18(26)24-11-3-4-12(20)13(21)7-11/h3-4,7-9,14-17H,5-6H2,1-2H3,(H,24,26)/t14-,15+,16-,17-/m0/s1. The van der Waals surface area contributed by atoms with Crippen LogP contribution in [0, 0.1) is 5.92 Å². The van der Waals surface area contributed by atoms with Crippen LogP contribution in [0.5, 0.6) is 0 Å². The van der Waals surface area contributed by atoms with Crippen LogP contribution in [-0.4, -0.2) is 42.2 Å². The Bertz CT molecular complexity index is 859. The predicted molar refractivity (Wildman–Crippen MR) is 106 cm³/mol.